The number of hydrogen-bond donors (Lipinski definition) is 0. The Hall–Kier alpha value is -1.40. The number of nitrogens with zero attached hydrogens (tertiary/aromatic N) is 1. The van der Waals surface area contributed by atoms with Gasteiger partial charge in [0.15, 0.2) is 0 Å². The third-order valence-electron chi connectivity index (χ3n) is 5.02. The van der Waals surface area contributed by atoms with Crippen molar-refractivity contribution < 1.29 is 17.9 Å². The normalized spacial score (nSPS) is 16.5. The van der Waals surface area contributed by atoms with E-state index in [1.54, 1.807) is 11.2 Å². The van der Waals surface area contributed by atoms with Gasteiger partial charge in [-0.05, 0) is 48.3 Å². The summed E-state index contributed by atoms with van der Waals surface area (Å²) in [6.07, 6.45) is 3.94. The van der Waals surface area contributed by atoms with Crippen LogP contribution in [0.5, 0.6) is 0 Å². The lowest BCUT2D eigenvalue weighted by atomic mass is 10.1. The number of rotatable bonds is 5. The molecule has 0 aromatic heterocycles. The molecule has 6 heteroatoms. The van der Waals surface area contributed by atoms with Crippen molar-refractivity contribution in [3.63, 3.8) is 0 Å². The minimum absolute atomic E-state index is 0.0496. The fraction of sp³-hybridized carbons (Fsp3) is 0.579. The summed E-state index contributed by atoms with van der Waals surface area (Å²) in [4.78, 5) is 1.70. The van der Waals surface area contributed by atoms with Gasteiger partial charge in [-0.15, -0.1) is 0 Å². The maximum Gasteiger partial charge on any atom is 0.249 e. The predicted octanol–water partition coefficient (Wildman–Crippen LogP) is 4.88. The monoisotopic (exact) mass is 369 g/mol. The number of anilines is 1. The molecule has 1 fully saturated rings. The van der Waals surface area contributed by atoms with Crippen LogP contribution in [0, 0.1) is 11.6 Å². The van der Waals surface area contributed by atoms with Crippen molar-refractivity contribution in [2.24, 2.45) is 0 Å². The van der Waals surface area contributed by atoms with Crippen LogP contribution in [0.2, 0.25) is 18.1 Å². The zero-order valence-electron chi connectivity index (χ0n) is 15.9. The smallest absolute Gasteiger partial charge is 0.249 e. The van der Waals surface area contributed by atoms with Crippen LogP contribution >= 0.6 is 0 Å². The molecule has 0 saturated carbocycles. The second-order valence-corrected chi connectivity index (χ2v) is 12.7. The molecule has 140 valence electrons. The van der Waals surface area contributed by atoms with E-state index in [1.165, 1.54) is 12.1 Å². The summed E-state index contributed by atoms with van der Waals surface area (Å²) in [7, 11) is -1.85. The first-order chi connectivity index (χ1) is 11.6. The largest absolute Gasteiger partial charge is 0.549 e. The van der Waals surface area contributed by atoms with Gasteiger partial charge in [0.2, 0.25) is 8.32 Å². The number of halogens is 2. The molecule has 1 aliphatic rings. The highest BCUT2D eigenvalue weighted by molar-refractivity contribution is 6.74. The molecular formula is C19H29F2NO2Si. The predicted molar refractivity (Wildman–Crippen MR) is 101 cm³/mol. The standard InChI is InChI=1S/C19H29F2NO2Si/c1-19(2,3)25(4,5)24-10-6-7-15-13-16(20)18(17(21)14-15)22-8-11-23-12-9-22/h6,10,13-14H,7-9,11-12H2,1-5H3/b10-6+. The minimum Gasteiger partial charge on any atom is -0.549 e. The van der Waals surface area contributed by atoms with Crippen LogP contribution in [0.3, 0.4) is 0 Å². The third kappa shape index (κ3) is 5.04. The van der Waals surface area contributed by atoms with E-state index in [-0.39, 0.29) is 10.7 Å². The summed E-state index contributed by atoms with van der Waals surface area (Å²) in [5, 5.41) is 0.120. The number of hydrogen-bond acceptors (Lipinski definition) is 3. The molecule has 0 bridgehead atoms. The lowest BCUT2D eigenvalue weighted by Crippen LogP contribution is -2.39. The average Bonchev–Trinajstić information content (AvgIpc) is 2.51. The first kappa shape index (κ1) is 19.9. The summed E-state index contributed by atoms with van der Waals surface area (Å²) in [6, 6.07) is 2.81. The number of allylic oxidation sites excluding steroid dienone is 1. The maximum absolute atomic E-state index is 14.4. The summed E-state index contributed by atoms with van der Waals surface area (Å²) in [6.45, 7) is 12.8. The van der Waals surface area contributed by atoms with E-state index in [1.807, 2.05) is 6.08 Å². The summed E-state index contributed by atoms with van der Waals surface area (Å²) in [5.41, 5.74) is 0.649. The van der Waals surface area contributed by atoms with Crippen LogP contribution < -0.4 is 4.90 Å². The Morgan fingerprint density at radius 1 is 1.16 bits per heavy atom. The number of benzene rings is 1. The van der Waals surface area contributed by atoms with Gasteiger partial charge in [0.1, 0.15) is 17.3 Å². The zero-order valence-corrected chi connectivity index (χ0v) is 16.9. The molecule has 0 aliphatic carbocycles. The third-order valence-corrected chi connectivity index (χ3v) is 9.36. The van der Waals surface area contributed by atoms with Crippen LogP contribution in [-0.2, 0) is 15.6 Å². The Labute approximate surface area is 150 Å². The Morgan fingerprint density at radius 2 is 1.72 bits per heavy atom. The van der Waals surface area contributed by atoms with Crippen molar-refractivity contribution in [1.29, 1.82) is 0 Å². The highest BCUT2D eigenvalue weighted by Crippen LogP contribution is 2.36. The first-order valence-electron chi connectivity index (χ1n) is 8.75. The second kappa shape index (κ2) is 7.87. The van der Waals surface area contributed by atoms with Crippen LogP contribution in [0.1, 0.15) is 26.3 Å². The van der Waals surface area contributed by atoms with Crippen LogP contribution in [0.15, 0.2) is 24.5 Å². The summed E-state index contributed by atoms with van der Waals surface area (Å²) >= 11 is 0. The maximum atomic E-state index is 14.4. The summed E-state index contributed by atoms with van der Waals surface area (Å²) < 4.78 is 39.9. The number of ether oxygens (including phenoxy) is 1. The van der Waals surface area contributed by atoms with Crippen molar-refractivity contribution in [3.05, 3.63) is 41.7 Å². The van der Waals surface area contributed by atoms with Gasteiger partial charge in [-0.3, -0.25) is 0 Å². The Bertz CT molecular complexity index is 597. The molecule has 0 spiro atoms. The van der Waals surface area contributed by atoms with E-state index in [9.17, 15) is 8.78 Å². The average molecular weight is 370 g/mol. The molecule has 3 nitrogen and oxygen atoms in total. The fourth-order valence-corrected chi connectivity index (χ4v) is 3.19. The van der Waals surface area contributed by atoms with Gasteiger partial charge < -0.3 is 14.1 Å². The number of morpholine rings is 1. The molecule has 1 aliphatic heterocycles. The molecule has 2 rings (SSSR count). The van der Waals surface area contributed by atoms with Crippen molar-refractivity contribution in [2.75, 3.05) is 31.2 Å². The van der Waals surface area contributed by atoms with E-state index in [0.717, 1.165) is 0 Å². The lowest BCUT2D eigenvalue weighted by Gasteiger charge is -2.34. The molecule has 25 heavy (non-hydrogen) atoms. The molecule has 0 atom stereocenters. The Morgan fingerprint density at radius 3 is 2.24 bits per heavy atom. The van der Waals surface area contributed by atoms with Crippen molar-refractivity contribution in [1.82, 2.24) is 0 Å². The van der Waals surface area contributed by atoms with Crippen LogP contribution in [0.25, 0.3) is 0 Å². The molecular weight excluding hydrogens is 340 g/mol. The van der Waals surface area contributed by atoms with Gasteiger partial charge in [-0.25, -0.2) is 8.78 Å². The van der Waals surface area contributed by atoms with E-state index < -0.39 is 20.0 Å². The van der Waals surface area contributed by atoms with Gasteiger partial charge >= 0.3 is 0 Å². The molecule has 0 N–H and O–H groups in total. The first-order valence-corrected chi connectivity index (χ1v) is 11.7. The molecule has 0 amide bonds. The molecule has 1 saturated heterocycles. The van der Waals surface area contributed by atoms with E-state index in [2.05, 4.69) is 33.9 Å². The van der Waals surface area contributed by atoms with Gasteiger partial charge in [0, 0.05) is 13.1 Å². The van der Waals surface area contributed by atoms with Crippen LogP contribution in [0.4, 0.5) is 14.5 Å². The Kier molecular flexibility index (Phi) is 6.27. The molecule has 0 unspecified atom stereocenters. The van der Waals surface area contributed by atoms with Crippen molar-refractivity contribution >= 4 is 14.0 Å². The topological polar surface area (TPSA) is 21.7 Å². The van der Waals surface area contributed by atoms with Crippen molar-refractivity contribution in [2.45, 2.75) is 45.3 Å². The fourth-order valence-electron chi connectivity index (χ4n) is 2.40. The highest BCUT2D eigenvalue weighted by Gasteiger charge is 2.37. The Balaban J connectivity index is 2.03. The zero-order chi connectivity index (χ0) is 18.7. The molecule has 1 aromatic rings. The lowest BCUT2D eigenvalue weighted by molar-refractivity contribution is 0.122. The van der Waals surface area contributed by atoms with E-state index in [0.29, 0.717) is 38.3 Å². The summed E-state index contributed by atoms with van der Waals surface area (Å²) in [5.74, 6) is -1.04. The van der Waals surface area contributed by atoms with Crippen molar-refractivity contribution in [3.8, 4) is 0 Å². The van der Waals surface area contributed by atoms with Gasteiger partial charge in [-0.2, -0.15) is 0 Å². The minimum atomic E-state index is -1.85. The molecule has 1 aromatic carbocycles. The van der Waals surface area contributed by atoms with Gasteiger partial charge in [-0.1, -0.05) is 20.8 Å². The second-order valence-electron chi connectivity index (χ2n) is 7.96. The van der Waals surface area contributed by atoms with E-state index >= 15 is 0 Å². The van der Waals surface area contributed by atoms with E-state index in [4.69, 9.17) is 9.16 Å². The SMILES string of the molecule is CC(C)(C)[Si](C)(C)O/C=C/Cc1cc(F)c(N2CCOCC2)c(F)c1. The van der Waals surface area contributed by atoms with Crippen LogP contribution in [-0.4, -0.2) is 34.6 Å². The van der Waals surface area contributed by atoms with Gasteiger partial charge in [0.05, 0.1) is 19.5 Å². The molecule has 0 radical (unpaired) electrons. The van der Waals surface area contributed by atoms with Gasteiger partial charge in [0.25, 0.3) is 0 Å². The quantitative estimate of drug-likeness (QED) is 0.545. The molecule has 1 heterocycles. The highest BCUT2D eigenvalue weighted by atomic mass is 28.4.